The molecule has 0 saturated heterocycles. The second kappa shape index (κ2) is 10.2. The Morgan fingerprint density at radius 1 is 1.27 bits per heavy atom. The molecule has 2 aliphatic carbocycles. The van der Waals surface area contributed by atoms with Crippen molar-refractivity contribution < 1.29 is 45.2 Å². The second-order valence-electron chi connectivity index (χ2n) is 3.86. The van der Waals surface area contributed by atoms with Crippen molar-refractivity contribution in [3.05, 3.63) is 23.8 Å². The van der Waals surface area contributed by atoms with Crippen molar-refractivity contribution in [3.8, 4) is 0 Å². The van der Waals surface area contributed by atoms with E-state index >= 15 is 0 Å². The molecule has 0 radical (unpaired) electrons. The van der Waals surface area contributed by atoms with Gasteiger partial charge < -0.3 is 24.8 Å². The molecule has 0 aromatic carbocycles. The molecule has 0 bridgehead atoms. The summed E-state index contributed by atoms with van der Waals surface area (Å²) >= 11 is 2.35. The van der Waals surface area contributed by atoms with Gasteiger partial charge >= 0.3 is 73.6 Å². The van der Waals surface area contributed by atoms with Crippen LogP contribution in [-0.2, 0) is 20.4 Å². The monoisotopic (exact) mass is 297 g/mol. The van der Waals surface area contributed by atoms with Gasteiger partial charge in [0.15, 0.2) is 0 Å². The molecule has 85 valence electrons. The van der Waals surface area contributed by atoms with Gasteiger partial charge in [0.1, 0.15) is 0 Å². The summed E-state index contributed by atoms with van der Waals surface area (Å²) in [5.74, 6) is 0.917. The molecular formula is C11H19Cl2SiTi. The third-order valence-corrected chi connectivity index (χ3v) is 3.49. The number of hydrogen-bond acceptors (Lipinski definition) is 0. The molecule has 0 N–H and O–H groups in total. The Balaban J connectivity index is 0. The van der Waals surface area contributed by atoms with E-state index in [2.05, 4.69) is 51.8 Å². The Morgan fingerprint density at radius 2 is 1.87 bits per heavy atom. The van der Waals surface area contributed by atoms with Gasteiger partial charge in [0.25, 0.3) is 0 Å². The number of halogens is 2. The summed E-state index contributed by atoms with van der Waals surface area (Å²) in [6, 6.07) is 0. The third kappa shape index (κ3) is 5.74. The summed E-state index contributed by atoms with van der Waals surface area (Å²) in [7, 11) is 0.417. The van der Waals surface area contributed by atoms with Gasteiger partial charge in [-0.05, 0) is 0 Å². The summed E-state index contributed by atoms with van der Waals surface area (Å²) < 4.78 is 0.870. The van der Waals surface area contributed by atoms with Crippen LogP contribution in [0, 0.1) is 5.92 Å². The van der Waals surface area contributed by atoms with Crippen molar-refractivity contribution in [3.63, 3.8) is 0 Å². The molecular weight excluding hydrogens is 279 g/mol. The van der Waals surface area contributed by atoms with Gasteiger partial charge in [-0.3, -0.25) is 0 Å². The van der Waals surface area contributed by atoms with Crippen LogP contribution in [-0.4, -0.2) is 9.52 Å². The van der Waals surface area contributed by atoms with Crippen LogP contribution in [0.15, 0.2) is 23.8 Å². The predicted octanol–water partition coefficient (Wildman–Crippen LogP) is -3.12. The fourth-order valence-electron chi connectivity index (χ4n) is 1.91. The normalized spacial score (nSPS) is 26.3. The van der Waals surface area contributed by atoms with Crippen molar-refractivity contribution in [1.82, 2.24) is 0 Å². The Bertz CT molecular complexity index is 217. The Hall–Kier alpha value is 0.991. The Morgan fingerprint density at radius 3 is 2.40 bits per heavy atom. The molecule has 0 nitrogen and oxygen atoms in total. The maximum atomic E-state index is 2.35. The van der Waals surface area contributed by atoms with Crippen LogP contribution in [0.2, 0.25) is 17.3 Å². The molecule has 0 amide bonds. The Labute approximate surface area is 120 Å². The topological polar surface area (TPSA) is 0 Å². The van der Waals surface area contributed by atoms with E-state index in [0.29, 0.717) is 9.52 Å². The minimum absolute atomic E-state index is 0. The number of rotatable bonds is 0. The number of fused-ring (bicyclic) bond motifs is 1. The summed E-state index contributed by atoms with van der Waals surface area (Å²) in [5, 5.41) is 0. The van der Waals surface area contributed by atoms with Crippen LogP contribution < -0.4 is 24.8 Å². The van der Waals surface area contributed by atoms with E-state index in [1.165, 1.54) is 19.3 Å². The average Bonchev–Trinajstić information content (AvgIpc) is 2.50. The molecule has 2 unspecified atom stereocenters. The van der Waals surface area contributed by atoms with Crippen LogP contribution in [0.1, 0.15) is 19.3 Å². The minimum atomic E-state index is 0. The van der Waals surface area contributed by atoms with Gasteiger partial charge in [0.05, 0.1) is 0 Å². The van der Waals surface area contributed by atoms with E-state index in [4.69, 9.17) is 0 Å². The molecule has 0 aliphatic heterocycles. The van der Waals surface area contributed by atoms with Gasteiger partial charge in [-0.25, -0.2) is 0 Å². The van der Waals surface area contributed by atoms with E-state index in [9.17, 15) is 0 Å². The number of allylic oxidation sites excluding steroid dienone is 4. The fraction of sp³-hybridized carbons (Fsp3) is 0.636. The SMILES string of the molecule is C[SiH2]C.[Cl-].[Cl-].[Ti+2][CH]1CCC2CC=CC=C12. The van der Waals surface area contributed by atoms with Crippen molar-refractivity contribution >= 4 is 9.52 Å². The average molecular weight is 298 g/mol. The van der Waals surface area contributed by atoms with E-state index in [1.54, 1.807) is 5.57 Å². The predicted molar refractivity (Wildman–Crippen MR) is 58.6 cm³/mol. The van der Waals surface area contributed by atoms with Gasteiger partial charge in [0.2, 0.25) is 0 Å². The van der Waals surface area contributed by atoms with E-state index in [1.807, 2.05) is 0 Å². The summed E-state index contributed by atoms with van der Waals surface area (Å²) in [4.78, 5) is 0. The molecule has 1 fully saturated rings. The zero-order valence-electron chi connectivity index (χ0n) is 9.47. The third-order valence-electron chi connectivity index (χ3n) is 2.52. The van der Waals surface area contributed by atoms with Crippen molar-refractivity contribution in [2.75, 3.05) is 0 Å². The van der Waals surface area contributed by atoms with Gasteiger partial charge in [0, 0.05) is 9.52 Å². The fourth-order valence-corrected chi connectivity index (χ4v) is 2.69. The first-order valence-corrected chi connectivity index (χ1v) is 9.10. The number of hydrogen-bond donors (Lipinski definition) is 0. The standard InChI is InChI=1S/C9H11.C2H8Si.2ClH.Ti/c1-2-5-9-7-3-6-8(9)4-1;1-3-2;;;/h1-2,4,6,9H,3,5,7H2;3H2,1-2H3;2*1H;/q;;;;+2/p-2. The zero-order valence-corrected chi connectivity index (χ0v) is 14.0. The first-order valence-electron chi connectivity index (χ1n) is 5.37. The van der Waals surface area contributed by atoms with Crippen LogP contribution in [0.25, 0.3) is 0 Å². The van der Waals surface area contributed by atoms with Crippen molar-refractivity contribution in [2.24, 2.45) is 5.92 Å². The first kappa shape index (κ1) is 18.4. The molecule has 2 aliphatic rings. The van der Waals surface area contributed by atoms with E-state index in [-0.39, 0.29) is 24.8 Å². The van der Waals surface area contributed by atoms with Crippen molar-refractivity contribution in [1.29, 1.82) is 0 Å². The zero-order chi connectivity index (χ0) is 9.68. The van der Waals surface area contributed by atoms with Crippen LogP contribution in [0.4, 0.5) is 0 Å². The molecule has 2 rings (SSSR count). The van der Waals surface area contributed by atoms with Crippen molar-refractivity contribution in [2.45, 2.75) is 36.6 Å². The molecule has 15 heavy (non-hydrogen) atoms. The summed E-state index contributed by atoms with van der Waals surface area (Å²) in [6.07, 6.45) is 11.0. The molecule has 0 aromatic rings. The quantitative estimate of drug-likeness (QED) is 0.415. The molecule has 0 spiro atoms. The molecule has 4 heteroatoms. The maximum absolute atomic E-state index is 2.35. The molecule has 2 atom stereocenters. The van der Waals surface area contributed by atoms with Gasteiger partial charge in [-0.1, -0.05) is 13.1 Å². The molecule has 1 saturated carbocycles. The molecule has 0 aromatic heterocycles. The van der Waals surface area contributed by atoms with E-state index in [0.717, 1.165) is 10.1 Å². The summed E-state index contributed by atoms with van der Waals surface area (Å²) in [6.45, 7) is 4.53. The van der Waals surface area contributed by atoms with Crippen LogP contribution in [0.3, 0.4) is 0 Å². The van der Waals surface area contributed by atoms with Crippen LogP contribution in [0.5, 0.6) is 0 Å². The summed E-state index contributed by atoms with van der Waals surface area (Å²) in [5.41, 5.74) is 1.71. The van der Waals surface area contributed by atoms with Crippen LogP contribution >= 0.6 is 0 Å². The Kier molecular flexibility index (Phi) is 12.4. The second-order valence-corrected chi connectivity index (χ2v) is 6.37. The van der Waals surface area contributed by atoms with Gasteiger partial charge in [-0.2, -0.15) is 0 Å². The van der Waals surface area contributed by atoms with E-state index < -0.39 is 0 Å². The molecule has 0 heterocycles. The van der Waals surface area contributed by atoms with Gasteiger partial charge in [-0.15, -0.1) is 0 Å². The first-order chi connectivity index (χ1) is 6.29.